The molecule has 0 spiro atoms. The number of hydrogen-bond acceptors (Lipinski definition) is 13. The molecule has 9 N–H and O–H groups in total. The maximum absolute atomic E-state index is 13.4. The second-order valence-corrected chi connectivity index (χ2v) is 28.9. The number of carbonyl (C=O) groups excluding carboxylic acids is 1. The van der Waals surface area contributed by atoms with E-state index in [1.807, 2.05) is 6.08 Å². The first-order valence-corrected chi connectivity index (χ1v) is 41.2. The van der Waals surface area contributed by atoms with E-state index in [9.17, 15) is 45.6 Å². The average molecular weight is 1390 g/mol. The number of ether oxygens (including phenoxy) is 4. The fraction of sp³-hybridized carbons (Fsp3) is 0.845. The highest BCUT2D eigenvalue weighted by Crippen LogP contribution is 2.30. The minimum absolute atomic E-state index is 0.233. The number of allylic oxidation sites excluding steroid dienone is 11. The minimum Gasteiger partial charge on any atom is -0.394 e. The van der Waals surface area contributed by atoms with Crippen LogP contribution < -0.4 is 5.32 Å². The molecule has 14 nitrogen and oxygen atoms in total. The van der Waals surface area contributed by atoms with Crippen LogP contribution in [0.5, 0.6) is 0 Å². The third-order valence-electron chi connectivity index (χ3n) is 19.9. The lowest BCUT2D eigenvalue weighted by Crippen LogP contribution is -2.65. The van der Waals surface area contributed by atoms with Crippen molar-refractivity contribution >= 4 is 5.91 Å². The van der Waals surface area contributed by atoms with Crippen LogP contribution in [0.25, 0.3) is 0 Å². The van der Waals surface area contributed by atoms with Gasteiger partial charge in [-0.15, -0.1) is 0 Å². The Morgan fingerprint density at radius 1 is 0.378 bits per heavy atom. The van der Waals surface area contributed by atoms with Gasteiger partial charge < -0.3 is 65.1 Å². The monoisotopic (exact) mass is 1380 g/mol. The van der Waals surface area contributed by atoms with Gasteiger partial charge >= 0.3 is 0 Å². The van der Waals surface area contributed by atoms with Gasteiger partial charge in [0.2, 0.25) is 5.91 Å². The van der Waals surface area contributed by atoms with E-state index in [4.69, 9.17) is 18.9 Å². The Hall–Kier alpha value is -2.57. The maximum Gasteiger partial charge on any atom is 0.220 e. The van der Waals surface area contributed by atoms with E-state index in [0.717, 1.165) is 70.6 Å². The number of aliphatic hydroxyl groups excluding tert-OH is 8. The summed E-state index contributed by atoms with van der Waals surface area (Å²) in [5, 5.41) is 87.7. The lowest BCUT2D eigenvalue weighted by Gasteiger charge is -2.46. The van der Waals surface area contributed by atoms with Gasteiger partial charge in [0.05, 0.1) is 32.0 Å². The number of hydrogen-bond donors (Lipinski definition) is 9. The zero-order chi connectivity index (χ0) is 70.8. The van der Waals surface area contributed by atoms with Crippen molar-refractivity contribution in [1.82, 2.24) is 5.32 Å². The van der Waals surface area contributed by atoms with Gasteiger partial charge in [0, 0.05) is 6.42 Å². The van der Waals surface area contributed by atoms with Gasteiger partial charge in [-0.1, -0.05) is 363 Å². The molecule has 12 atom stereocenters. The van der Waals surface area contributed by atoms with Gasteiger partial charge in [-0.2, -0.15) is 0 Å². The van der Waals surface area contributed by atoms with Crippen LogP contribution in [0.3, 0.4) is 0 Å². The Balaban J connectivity index is 1.59. The second-order valence-electron chi connectivity index (χ2n) is 28.9. The molecule has 98 heavy (non-hydrogen) atoms. The van der Waals surface area contributed by atoms with Crippen LogP contribution >= 0.6 is 0 Å². The maximum atomic E-state index is 13.4. The fourth-order valence-corrected chi connectivity index (χ4v) is 13.4. The average Bonchev–Trinajstić information content (AvgIpc) is 0.793. The zero-order valence-corrected chi connectivity index (χ0v) is 62.8. The van der Waals surface area contributed by atoms with Gasteiger partial charge in [0.25, 0.3) is 0 Å². The molecule has 2 rings (SSSR count). The molecule has 0 bridgehead atoms. The minimum atomic E-state index is -1.79. The smallest absolute Gasteiger partial charge is 0.220 e. The summed E-state index contributed by atoms with van der Waals surface area (Å²) in [5.41, 5.74) is 0. The third kappa shape index (κ3) is 49.9. The predicted octanol–water partition coefficient (Wildman–Crippen LogP) is 18.9. The fourth-order valence-electron chi connectivity index (χ4n) is 13.4. The second kappa shape index (κ2) is 67.6. The van der Waals surface area contributed by atoms with Gasteiger partial charge in [0.1, 0.15) is 48.8 Å². The molecule has 2 aliphatic rings. The van der Waals surface area contributed by atoms with Crippen LogP contribution in [-0.2, 0) is 23.7 Å². The molecule has 0 aromatic rings. The molecular formula is C84H153NO13. The summed E-state index contributed by atoms with van der Waals surface area (Å²) in [6.07, 6.45) is 77.0. The van der Waals surface area contributed by atoms with E-state index in [1.165, 1.54) is 263 Å². The van der Waals surface area contributed by atoms with Gasteiger partial charge in [-0.25, -0.2) is 0 Å². The third-order valence-corrected chi connectivity index (χ3v) is 19.9. The molecule has 0 aliphatic carbocycles. The van der Waals surface area contributed by atoms with Crippen molar-refractivity contribution in [2.45, 2.75) is 434 Å². The molecule has 2 saturated heterocycles. The summed E-state index contributed by atoms with van der Waals surface area (Å²) in [6.45, 7) is 2.74. The van der Waals surface area contributed by atoms with E-state index in [1.54, 1.807) is 6.08 Å². The molecule has 1 amide bonds. The summed E-state index contributed by atoms with van der Waals surface area (Å²) in [6, 6.07) is -0.917. The first kappa shape index (κ1) is 91.5. The van der Waals surface area contributed by atoms with Crippen LogP contribution in [0, 0.1) is 0 Å². The number of rotatable bonds is 69. The summed E-state index contributed by atoms with van der Waals surface area (Å²) in [5.74, 6) is -0.233. The number of aliphatic hydroxyl groups is 8. The Morgan fingerprint density at radius 3 is 1.08 bits per heavy atom. The summed E-state index contributed by atoms with van der Waals surface area (Å²) in [7, 11) is 0. The van der Waals surface area contributed by atoms with Crippen molar-refractivity contribution in [3.8, 4) is 0 Å². The molecule has 2 aliphatic heterocycles. The van der Waals surface area contributed by atoms with Crippen LogP contribution in [0.2, 0.25) is 0 Å². The number of amides is 1. The summed E-state index contributed by atoms with van der Waals surface area (Å²) < 4.78 is 22.9. The van der Waals surface area contributed by atoms with Crippen molar-refractivity contribution in [3.05, 3.63) is 72.9 Å². The van der Waals surface area contributed by atoms with E-state index in [2.05, 4.69) is 79.9 Å². The molecule has 0 aromatic carbocycles. The van der Waals surface area contributed by atoms with Crippen molar-refractivity contribution in [3.63, 3.8) is 0 Å². The lowest BCUT2D eigenvalue weighted by molar-refractivity contribution is -0.359. The highest BCUT2D eigenvalue weighted by molar-refractivity contribution is 5.76. The van der Waals surface area contributed by atoms with Gasteiger partial charge in [-0.3, -0.25) is 4.79 Å². The summed E-state index contributed by atoms with van der Waals surface area (Å²) in [4.78, 5) is 13.4. The Morgan fingerprint density at radius 2 is 0.704 bits per heavy atom. The normalized spacial score (nSPS) is 22.4. The summed E-state index contributed by atoms with van der Waals surface area (Å²) >= 11 is 0. The van der Waals surface area contributed by atoms with E-state index >= 15 is 0 Å². The molecular weight excluding hydrogens is 1230 g/mol. The number of nitrogens with one attached hydrogen (secondary N) is 1. The number of unbranched alkanes of at least 4 members (excludes halogenated alkanes) is 46. The Kier molecular flexibility index (Phi) is 63.1. The highest BCUT2D eigenvalue weighted by Gasteiger charge is 2.51. The molecule has 572 valence electrons. The van der Waals surface area contributed by atoms with Crippen LogP contribution in [0.4, 0.5) is 0 Å². The largest absolute Gasteiger partial charge is 0.394 e. The quantitative estimate of drug-likeness (QED) is 0.0204. The lowest BCUT2D eigenvalue weighted by atomic mass is 9.97. The molecule has 14 heteroatoms. The van der Waals surface area contributed by atoms with Crippen LogP contribution in [0.15, 0.2) is 72.9 Å². The molecule has 2 heterocycles. The Bertz CT molecular complexity index is 1920. The van der Waals surface area contributed by atoms with Crippen LogP contribution in [0.1, 0.15) is 361 Å². The van der Waals surface area contributed by atoms with Gasteiger partial charge in [0.15, 0.2) is 12.6 Å². The standard InChI is InChI=1S/C84H153NO13/c1-3-5-7-9-11-13-15-17-19-21-23-25-27-29-31-32-33-34-35-36-37-38-39-40-42-44-46-48-50-52-54-56-58-60-62-64-66-68-76(89)85-72(71-95-83-81(94)79(92)82(75(70-87)97-83)98-84-80(93)78(91)77(90)74(69-86)96-84)73(88)67-65-63-61-59-57-55-53-51-49-47-45-43-41-30-28-26-24-22-20-18-16-14-12-10-8-6-4-2/h5,7,11,13,17,19,23,25,29,31,65,67,72-75,77-84,86-88,90-94H,3-4,6,8-10,12,14-16,18,20-22,24,26-28,30,32-64,66,68-71H2,1-2H3,(H,85,89)/b7-5-,13-11-,19-17-,25-23-,31-29-,67-65+. The SMILES string of the molecule is CC/C=C\C/C=C\C/C=C\C/C=C\C/C=C\CCCCCCCCCCCCCCCCCCCCCCCC(=O)NC(COC1OC(CO)C(OC2OC(CO)C(O)C(O)C2O)C(O)C1O)C(O)/C=C/CCCCCCCCCCCCCCCCCCCCCCCCCCC. The van der Waals surface area contributed by atoms with Crippen molar-refractivity contribution in [2.75, 3.05) is 19.8 Å². The first-order valence-electron chi connectivity index (χ1n) is 41.2. The van der Waals surface area contributed by atoms with E-state index < -0.39 is 86.8 Å². The number of carbonyl (C=O) groups is 1. The Labute approximate surface area is 599 Å². The molecule has 0 saturated carbocycles. The van der Waals surface area contributed by atoms with E-state index in [0.29, 0.717) is 6.42 Å². The highest BCUT2D eigenvalue weighted by atomic mass is 16.7. The van der Waals surface area contributed by atoms with Crippen molar-refractivity contribution < 1.29 is 64.6 Å². The predicted molar refractivity (Wildman–Crippen MR) is 406 cm³/mol. The van der Waals surface area contributed by atoms with Crippen LogP contribution in [-0.4, -0.2) is 140 Å². The first-order chi connectivity index (χ1) is 48.1. The van der Waals surface area contributed by atoms with Crippen molar-refractivity contribution in [1.29, 1.82) is 0 Å². The molecule has 12 unspecified atom stereocenters. The van der Waals surface area contributed by atoms with Gasteiger partial charge in [-0.05, 0) is 64.2 Å². The molecule has 0 aromatic heterocycles. The zero-order valence-electron chi connectivity index (χ0n) is 62.8. The molecule has 0 radical (unpaired) electrons. The molecule has 2 fully saturated rings. The topological polar surface area (TPSA) is 228 Å². The van der Waals surface area contributed by atoms with E-state index in [-0.39, 0.29) is 18.9 Å². The van der Waals surface area contributed by atoms with Crippen molar-refractivity contribution in [2.24, 2.45) is 0 Å².